The van der Waals surface area contributed by atoms with E-state index in [0.29, 0.717) is 5.75 Å². The average molecular weight is 188 g/mol. The van der Waals surface area contributed by atoms with Crippen LogP contribution in [0, 0.1) is 6.92 Å². The summed E-state index contributed by atoms with van der Waals surface area (Å²) >= 11 is 0. The molecule has 0 saturated heterocycles. The average Bonchev–Trinajstić information content (AvgIpc) is 2.23. The molecule has 0 amide bonds. The molecule has 2 nitrogen and oxygen atoms in total. The predicted octanol–water partition coefficient (Wildman–Crippen LogP) is 2.86. The van der Waals surface area contributed by atoms with Crippen LogP contribution in [0.2, 0.25) is 0 Å². The molecule has 0 unspecified atom stereocenters. The highest BCUT2D eigenvalue weighted by Gasteiger charge is 2.05. The molecule has 0 aliphatic heterocycles. The maximum atomic E-state index is 9.82. The highest BCUT2D eigenvalue weighted by atomic mass is 16.5. The second kappa shape index (κ2) is 3.22. The van der Waals surface area contributed by atoms with Crippen molar-refractivity contribution in [2.24, 2.45) is 0 Å². The third-order valence-electron chi connectivity index (χ3n) is 2.41. The molecule has 2 aromatic rings. The lowest BCUT2D eigenvalue weighted by Crippen LogP contribution is -1.85. The molecule has 0 heterocycles. The fourth-order valence-electron chi connectivity index (χ4n) is 1.60. The van der Waals surface area contributed by atoms with Crippen molar-refractivity contribution in [2.75, 3.05) is 7.11 Å². The predicted molar refractivity (Wildman–Crippen MR) is 56.9 cm³/mol. The fourth-order valence-corrected chi connectivity index (χ4v) is 1.60. The van der Waals surface area contributed by atoms with Gasteiger partial charge >= 0.3 is 0 Å². The summed E-state index contributed by atoms with van der Waals surface area (Å²) in [5, 5.41) is 11.6. The smallest absolute Gasteiger partial charge is 0.126 e. The monoisotopic (exact) mass is 188 g/mol. The molecule has 0 fully saturated rings. The Bertz CT molecular complexity index is 475. The minimum absolute atomic E-state index is 0.335. The number of aromatic hydroxyl groups is 1. The summed E-state index contributed by atoms with van der Waals surface area (Å²) in [6.07, 6.45) is 0. The van der Waals surface area contributed by atoms with Crippen LogP contribution in [-0.2, 0) is 0 Å². The summed E-state index contributed by atoms with van der Waals surface area (Å²) in [6, 6.07) is 9.50. The van der Waals surface area contributed by atoms with Gasteiger partial charge in [0, 0.05) is 10.8 Å². The van der Waals surface area contributed by atoms with Crippen molar-refractivity contribution in [3.8, 4) is 11.5 Å². The first-order chi connectivity index (χ1) is 6.74. The molecule has 0 aliphatic rings. The molecule has 0 aliphatic carbocycles. The van der Waals surface area contributed by atoms with Gasteiger partial charge in [0.1, 0.15) is 11.5 Å². The summed E-state index contributed by atoms with van der Waals surface area (Å²) in [5.41, 5.74) is 0.880. The van der Waals surface area contributed by atoms with Crippen molar-refractivity contribution < 1.29 is 9.84 Å². The van der Waals surface area contributed by atoms with E-state index in [1.807, 2.05) is 37.3 Å². The molecule has 2 aromatic carbocycles. The number of phenolic OH excluding ortho intramolecular Hbond substituents is 1. The van der Waals surface area contributed by atoms with Gasteiger partial charge in [-0.1, -0.05) is 24.3 Å². The standard InChI is InChI=1S/C12H12O2/c1-8-6-7-9-10(12(8)13)4-3-5-11(9)14-2/h3-7,13H,1-2H3. The molecular weight excluding hydrogens is 176 g/mol. The molecule has 0 spiro atoms. The number of methoxy groups -OCH3 is 1. The van der Waals surface area contributed by atoms with Crippen molar-refractivity contribution in [3.63, 3.8) is 0 Å². The summed E-state index contributed by atoms with van der Waals surface area (Å²) < 4.78 is 5.21. The lowest BCUT2D eigenvalue weighted by Gasteiger charge is -2.07. The number of aryl methyl sites for hydroxylation is 1. The number of rotatable bonds is 1. The number of benzene rings is 2. The molecule has 2 rings (SSSR count). The van der Waals surface area contributed by atoms with Crippen LogP contribution in [-0.4, -0.2) is 12.2 Å². The van der Waals surface area contributed by atoms with Crippen LogP contribution < -0.4 is 4.74 Å². The Labute approximate surface area is 82.8 Å². The van der Waals surface area contributed by atoms with Crippen LogP contribution in [0.5, 0.6) is 11.5 Å². The Hall–Kier alpha value is -1.70. The number of fused-ring (bicyclic) bond motifs is 1. The topological polar surface area (TPSA) is 29.5 Å². The van der Waals surface area contributed by atoms with Crippen molar-refractivity contribution in [1.29, 1.82) is 0 Å². The van der Waals surface area contributed by atoms with Gasteiger partial charge in [-0.2, -0.15) is 0 Å². The van der Waals surface area contributed by atoms with Gasteiger partial charge in [-0.15, -0.1) is 0 Å². The van der Waals surface area contributed by atoms with Crippen LogP contribution in [0.3, 0.4) is 0 Å². The van der Waals surface area contributed by atoms with Crippen LogP contribution >= 0.6 is 0 Å². The first kappa shape index (κ1) is 8.88. The van der Waals surface area contributed by atoms with Gasteiger partial charge < -0.3 is 9.84 Å². The van der Waals surface area contributed by atoms with E-state index >= 15 is 0 Å². The van der Waals surface area contributed by atoms with Crippen LogP contribution in [0.1, 0.15) is 5.56 Å². The van der Waals surface area contributed by atoms with Gasteiger partial charge in [0.15, 0.2) is 0 Å². The first-order valence-corrected chi connectivity index (χ1v) is 4.49. The fraction of sp³-hybridized carbons (Fsp3) is 0.167. The molecule has 14 heavy (non-hydrogen) atoms. The van der Waals surface area contributed by atoms with Crippen molar-refractivity contribution in [3.05, 3.63) is 35.9 Å². The second-order valence-corrected chi connectivity index (χ2v) is 3.29. The van der Waals surface area contributed by atoms with E-state index in [0.717, 1.165) is 22.1 Å². The van der Waals surface area contributed by atoms with E-state index in [1.54, 1.807) is 7.11 Å². The summed E-state index contributed by atoms with van der Waals surface area (Å²) in [6.45, 7) is 1.88. The van der Waals surface area contributed by atoms with Gasteiger partial charge in [-0.05, 0) is 18.6 Å². The quantitative estimate of drug-likeness (QED) is 0.745. The van der Waals surface area contributed by atoms with E-state index in [4.69, 9.17) is 4.74 Å². The molecule has 0 aromatic heterocycles. The minimum Gasteiger partial charge on any atom is -0.507 e. The number of ether oxygens (including phenoxy) is 1. The molecule has 2 heteroatoms. The third-order valence-corrected chi connectivity index (χ3v) is 2.41. The van der Waals surface area contributed by atoms with Gasteiger partial charge in [0.25, 0.3) is 0 Å². The van der Waals surface area contributed by atoms with E-state index < -0.39 is 0 Å². The SMILES string of the molecule is COc1cccc2c(O)c(C)ccc12. The van der Waals surface area contributed by atoms with Crippen LogP contribution in [0.4, 0.5) is 0 Å². The summed E-state index contributed by atoms with van der Waals surface area (Å²) in [5.74, 6) is 1.12. The highest BCUT2D eigenvalue weighted by Crippen LogP contribution is 2.33. The van der Waals surface area contributed by atoms with Gasteiger partial charge in [0.2, 0.25) is 0 Å². The molecule has 0 bridgehead atoms. The Balaban J connectivity index is 2.86. The van der Waals surface area contributed by atoms with Gasteiger partial charge in [0.05, 0.1) is 7.11 Å². The molecule has 1 N–H and O–H groups in total. The molecular formula is C12H12O2. The lowest BCUT2D eigenvalue weighted by atomic mass is 10.1. The van der Waals surface area contributed by atoms with E-state index in [2.05, 4.69) is 0 Å². The largest absolute Gasteiger partial charge is 0.507 e. The lowest BCUT2D eigenvalue weighted by molar-refractivity contribution is 0.419. The highest BCUT2D eigenvalue weighted by molar-refractivity contribution is 5.93. The Kier molecular flexibility index (Phi) is 2.04. The van der Waals surface area contributed by atoms with Gasteiger partial charge in [-0.3, -0.25) is 0 Å². The maximum absolute atomic E-state index is 9.82. The van der Waals surface area contributed by atoms with Crippen molar-refractivity contribution in [1.82, 2.24) is 0 Å². The number of hydrogen-bond donors (Lipinski definition) is 1. The number of phenols is 1. The van der Waals surface area contributed by atoms with E-state index in [1.165, 1.54) is 0 Å². The Morgan fingerprint density at radius 2 is 1.86 bits per heavy atom. The van der Waals surface area contributed by atoms with E-state index in [9.17, 15) is 5.11 Å². The molecule has 72 valence electrons. The van der Waals surface area contributed by atoms with Crippen LogP contribution in [0.15, 0.2) is 30.3 Å². The second-order valence-electron chi connectivity index (χ2n) is 3.29. The van der Waals surface area contributed by atoms with Crippen LogP contribution in [0.25, 0.3) is 10.8 Å². The Morgan fingerprint density at radius 3 is 2.57 bits per heavy atom. The van der Waals surface area contributed by atoms with E-state index in [-0.39, 0.29) is 0 Å². The van der Waals surface area contributed by atoms with Crippen molar-refractivity contribution in [2.45, 2.75) is 6.92 Å². The minimum atomic E-state index is 0.335. The summed E-state index contributed by atoms with van der Waals surface area (Å²) in [7, 11) is 1.63. The third kappa shape index (κ3) is 1.20. The van der Waals surface area contributed by atoms with Gasteiger partial charge in [-0.25, -0.2) is 0 Å². The number of hydrogen-bond acceptors (Lipinski definition) is 2. The zero-order chi connectivity index (χ0) is 10.1. The summed E-state index contributed by atoms with van der Waals surface area (Å²) in [4.78, 5) is 0. The molecule has 0 saturated carbocycles. The zero-order valence-electron chi connectivity index (χ0n) is 8.24. The molecule has 0 atom stereocenters. The normalized spacial score (nSPS) is 10.4. The first-order valence-electron chi connectivity index (χ1n) is 4.49. The Morgan fingerprint density at radius 1 is 1.07 bits per heavy atom. The zero-order valence-corrected chi connectivity index (χ0v) is 8.24. The van der Waals surface area contributed by atoms with Crippen molar-refractivity contribution >= 4 is 10.8 Å². The molecule has 0 radical (unpaired) electrons. The maximum Gasteiger partial charge on any atom is 0.126 e.